The predicted molar refractivity (Wildman–Crippen MR) is 99.8 cm³/mol. The van der Waals surface area contributed by atoms with E-state index in [0.29, 0.717) is 21.4 Å². The first-order valence-electron chi connectivity index (χ1n) is 7.18. The third-order valence-electron chi connectivity index (χ3n) is 3.30. The highest BCUT2D eigenvalue weighted by molar-refractivity contribution is 7.99. The number of hydrogen-bond donors (Lipinski definition) is 1. The number of nitrogens with zero attached hydrogens (tertiary/aromatic N) is 3. The summed E-state index contributed by atoms with van der Waals surface area (Å²) in [4.78, 5) is 32.3. The van der Waals surface area contributed by atoms with Gasteiger partial charge in [-0.2, -0.15) is 4.98 Å². The maximum absolute atomic E-state index is 12.1. The molecule has 0 aliphatic heterocycles. The number of anilines is 1. The molecule has 3 aromatic rings. The Labute approximate surface area is 157 Å². The van der Waals surface area contributed by atoms with E-state index >= 15 is 0 Å². The first-order valence-corrected chi connectivity index (χ1v) is 8.92. The van der Waals surface area contributed by atoms with Crippen molar-refractivity contribution < 1.29 is 4.79 Å². The molecule has 0 radical (unpaired) electrons. The van der Waals surface area contributed by atoms with Crippen molar-refractivity contribution in [1.82, 2.24) is 14.4 Å². The number of benzene rings is 1. The second-order valence-electron chi connectivity index (χ2n) is 5.14. The number of hydrogen-bond acceptors (Lipinski definition) is 5. The Balaban J connectivity index is 1.71. The van der Waals surface area contributed by atoms with Crippen LogP contribution in [0.1, 0.15) is 5.56 Å². The van der Waals surface area contributed by atoms with Crippen molar-refractivity contribution in [2.75, 3.05) is 11.1 Å². The molecule has 0 bridgehead atoms. The van der Waals surface area contributed by atoms with Crippen LogP contribution in [-0.2, 0) is 4.79 Å². The van der Waals surface area contributed by atoms with Gasteiger partial charge in [-0.3, -0.25) is 9.20 Å². The SMILES string of the molecule is Cc1cccn2c(=O)nc(SCC(=O)Nc3ccc(Cl)c(Cl)c3)nc12. The van der Waals surface area contributed by atoms with Crippen LogP contribution in [-0.4, -0.2) is 26.0 Å². The lowest BCUT2D eigenvalue weighted by molar-refractivity contribution is -0.113. The molecule has 9 heteroatoms. The number of fused-ring (bicyclic) bond motifs is 1. The standard InChI is InChI=1S/C16H12Cl2N4O2S/c1-9-3-2-6-22-14(9)20-15(21-16(22)24)25-8-13(23)19-10-4-5-11(17)12(18)7-10/h2-7H,8H2,1H3,(H,19,23). The highest BCUT2D eigenvalue weighted by atomic mass is 35.5. The maximum Gasteiger partial charge on any atom is 0.355 e. The summed E-state index contributed by atoms with van der Waals surface area (Å²) in [5, 5.41) is 3.72. The fourth-order valence-electron chi connectivity index (χ4n) is 2.12. The molecule has 2 heterocycles. The molecule has 25 heavy (non-hydrogen) atoms. The summed E-state index contributed by atoms with van der Waals surface area (Å²) >= 11 is 12.8. The molecule has 1 aromatic carbocycles. The van der Waals surface area contributed by atoms with Crippen molar-refractivity contribution in [1.29, 1.82) is 0 Å². The minimum atomic E-state index is -0.430. The number of thioether (sulfide) groups is 1. The van der Waals surface area contributed by atoms with Crippen molar-refractivity contribution in [2.45, 2.75) is 12.1 Å². The van der Waals surface area contributed by atoms with E-state index in [4.69, 9.17) is 23.2 Å². The second kappa shape index (κ2) is 7.43. The van der Waals surface area contributed by atoms with Crippen LogP contribution in [0.5, 0.6) is 0 Å². The van der Waals surface area contributed by atoms with E-state index in [1.807, 2.05) is 13.0 Å². The predicted octanol–water partition coefficient (Wildman–Crippen LogP) is 3.44. The summed E-state index contributed by atoms with van der Waals surface area (Å²) in [5.74, 6) is -0.209. The van der Waals surface area contributed by atoms with Crippen LogP contribution < -0.4 is 11.0 Å². The van der Waals surface area contributed by atoms with Crippen LogP contribution in [0.4, 0.5) is 5.69 Å². The van der Waals surface area contributed by atoms with Gasteiger partial charge in [0.2, 0.25) is 5.91 Å². The Kier molecular flexibility index (Phi) is 5.27. The molecular formula is C16H12Cl2N4O2S. The van der Waals surface area contributed by atoms with Gasteiger partial charge in [0.25, 0.3) is 0 Å². The Morgan fingerprint density at radius 1 is 1.24 bits per heavy atom. The van der Waals surface area contributed by atoms with E-state index in [0.717, 1.165) is 17.3 Å². The molecule has 0 aliphatic carbocycles. The van der Waals surface area contributed by atoms with Crippen LogP contribution in [0.3, 0.4) is 0 Å². The van der Waals surface area contributed by atoms with Gasteiger partial charge in [0.1, 0.15) is 5.65 Å². The number of nitrogens with one attached hydrogen (secondary N) is 1. The van der Waals surface area contributed by atoms with E-state index in [2.05, 4.69) is 15.3 Å². The molecule has 1 amide bonds. The van der Waals surface area contributed by atoms with E-state index in [-0.39, 0.29) is 16.8 Å². The molecule has 1 N–H and O–H groups in total. The van der Waals surface area contributed by atoms with Crippen LogP contribution in [0.15, 0.2) is 46.5 Å². The summed E-state index contributed by atoms with van der Waals surface area (Å²) in [5.41, 5.74) is 1.48. The van der Waals surface area contributed by atoms with Crippen molar-refractivity contribution in [3.63, 3.8) is 0 Å². The Morgan fingerprint density at radius 3 is 2.80 bits per heavy atom. The number of halogens is 2. The maximum atomic E-state index is 12.1. The number of aromatic nitrogens is 3. The number of pyridine rings is 1. The molecular weight excluding hydrogens is 383 g/mol. The van der Waals surface area contributed by atoms with Crippen LogP contribution in [0.25, 0.3) is 5.65 Å². The van der Waals surface area contributed by atoms with Gasteiger partial charge < -0.3 is 5.32 Å². The molecule has 3 rings (SSSR count). The van der Waals surface area contributed by atoms with Crippen molar-refractivity contribution >= 4 is 52.2 Å². The largest absolute Gasteiger partial charge is 0.355 e. The first-order chi connectivity index (χ1) is 11.9. The summed E-state index contributed by atoms with van der Waals surface area (Å²) in [6.45, 7) is 1.85. The molecule has 0 fully saturated rings. The number of aryl methyl sites for hydroxylation is 1. The van der Waals surface area contributed by atoms with E-state index < -0.39 is 5.69 Å². The quantitative estimate of drug-likeness (QED) is 0.685. The molecule has 0 saturated carbocycles. The molecule has 0 atom stereocenters. The van der Waals surface area contributed by atoms with Crippen molar-refractivity contribution in [3.05, 3.63) is 62.6 Å². The fourth-order valence-corrected chi connectivity index (χ4v) is 3.05. The Bertz CT molecular complexity index is 1020. The minimum Gasteiger partial charge on any atom is -0.325 e. The average molecular weight is 395 g/mol. The monoisotopic (exact) mass is 394 g/mol. The van der Waals surface area contributed by atoms with Gasteiger partial charge in [-0.05, 0) is 36.8 Å². The minimum absolute atomic E-state index is 0.0573. The highest BCUT2D eigenvalue weighted by Gasteiger charge is 2.10. The number of rotatable bonds is 4. The third kappa shape index (κ3) is 4.12. The highest BCUT2D eigenvalue weighted by Crippen LogP contribution is 2.25. The molecule has 6 nitrogen and oxygen atoms in total. The van der Waals surface area contributed by atoms with Gasteiger partial charge in [-0.1, -0.05) is 41.0 Å². The third-order valence-corrected chi connectivity index (χ3v) is 4.88. The smallest absolute Gasteiger partial charge is 0.325 e. The lowest BCUT2D eigenvalue weighted by Gasteiger charge is -2.07. The Hall–Kier alpha value is -2.09. The van der Waals surface area contributed by atoms with Gasteiger partial charge in [0, 0.05) is 11.9 Å². The molecule has 0 spiro atoms. The first kappa shape index (κ1) is 17.7. The second-order valence-corrected chi connectivity index (χ2v) is 6.90. The zero-order valence-electron chi connectivity index (χ0n) is 13.0. The van der Waals surface area contributed by atoms with Crippen LogP contribution >= 0.6 is 35.0 Å². The lowest BCUT2D eigenvalue weighted by Crippen LogP contribution is -2.20. The molecule has 0 aliphatic rings. The van der Waals surface area contributed by atoms with E-state index in [9.17, 15) is 9.59 Å². The fraction of sp³-hybridized carbons (Fsp3) is 0.125. The van der Waals surface area contributed by atoms with Gasteiger partial charge >= 0.3 is 5.69 Å². The summed E-state index contributed by atoms with van der Waals surface area (Å²) < 4.78 is 1.37. The normalized spacial score (nSPS) is 10.8. The van der Waals surface area contributed by atoms with Crippen molar-refractivity contribution in [3.8, 4) is 0 Å². The average Bonchev–Trinajstić information content (AvgIpc) is 2.57. The van der Waals surface area contributed by atoms with E-state index in [1.165, 1.54) is 4.40 Å². The summed E-state index contributed by atoms with van der Waals surface area (Å²) in [7, 11) is 0. The van der Waals surface area contributed by atoms with Gasteiger partial charge in [-0.25, -0.2) is 9.78 Å². The van der Waals surface area contributed by atoms with Crippen LogP contribution in [0, 0.1) is 6.92 Å². The van der Waals surface area contributed by atoms with E-state index in [1.54, 1.807) is 30.5 Å². The molecule has 0 unspecified atom stereocenters. The summed E-state index contributed by atoms with van der Waals surface area (Å²) in [6.07, 6.45) is 1.61. The van der Waals surface area contributed by atoms with Gasteiger partial charge in [0.15, 0.2) is 5.16 Å². The topological polar surface area (TPSA) is 76.4 Å². The zero-order valence-corrected chi connectivity index (χ0v) is 15.3. The number of carbonyl (C=O) groups is 1. The van der Waals surface area contributed by atoms with Gasteiger partial charge in [-0.15, -0.1) is 0 Å². The van der Waals surface area contributed by atoms with Crippen molar-refractivity contribution in [2.24, 2.45) is 0 Å². The van der Waals surface area contributed by atoms with Crippen LogP contribution in [0.2, 0.25) is 10.0 Å². The number of carbonyl (C=O) groups excluding carboxylic acids is 1. The molecule has 0 saturated heterocycles. The summed E-state index contributed by atoms with van der Waals surface area (Å²) in [6, 6.07) is 8.42. The molecule has 128 valence electrons. The number of amides is 1. The lowest BCUT2D eigenvalue weighted by atomic mass is 10.3. The zero-order chi connectivity index (χ0) is 18.0. The molecule has 2 aromatic heterocycles. The van der Waals surface area contributed by atoms with Gasteiger partial charge in [0.05, 0.1) is 15.8 Å². The Morgan fingerprint density at radius 2 is 2.04 bits per heavy atom.